The summed E-state index contributed by atoms with van der Waals surface area (Å²) in [6.07, 6.45) is 1.63. The van der Waals surface area contributed by atoms with Crippen molar-refractivity contribution >= 4 is 29.2 Å². The minimum Gasteiger partial charge on any atom is -0.391 e. The molecule has 0 N–H and O–H groups in total. The van der Waals surface area contributed by atoms with Crippen LogP contribution in [-0.4, -0.2) is 6.21 Å². The average molecular weight is 270 g/mol. The van der Waals surface area contributed by atoms with Crippen molar-refractivity contribution < 1.29 is 9.23 Å². The number of hydrogen-bond donors (Lipinski definition) is 0. The smallest absolute Gasteiger partial charge is 0.143 e. The van der Waals surface area contributed by atoms with Crippen molar-refractivity contribution in [2.24, 2.45) is 5.16 Å². The van der Waals surface area contributed by atoms with Crippen LogP contribution in [0.3, 0.4) is 0 Å². The van der Waals surface area contributed by atoms with Gasteiger partial charge in [-0.25, -0.2) is 4.39 Å². The lowest BCUT2D eigenvalue weighted by atomic mass is 10.2. The van der Waals surface area contributed by atoms with Gasteiger partial charge in [-0.15, -0.1) is 11.3 Å². The highest BCUT2D eigenvalue weighted by atomic mass is 35.5. The van der Waals surface area contributed by atoms with Crippen molar-refractivity contribution in [3.63, 3.8) is 0 Å². The van der Waals surface area contributed by atoms with Crippen molar-refractivity contribution in [2.75, 3.05) is 0 Å². The van der Waals surface area contributed by atoms with Crippen molar-refractivity contribution in [1.29, 1.82) is 0 Å². The average Bonchev–Trinajstić information content (AvgIpc) is 2.79. The number of benzene rings is 1. The minimum absolute atomic E-state index is 0.223. The summed E-state index contributed by atoms with van der Waals surface area (Å²) in [5, 5.41) is 6.11. The van der Waals surface area contributed by atoms with E-state index in [0.29, 0.717) is 10.6 Å². The zero-order valence-corrected chi connectivity index (χ0v) is 10.3. The van der Waals surface area contributed by atoms with Crippen molar-refractivity contribution in [3.05, 3.63) is 57.0 Å². The summed E-state index contributed by atoms with van der Waals surface area (Å²) >= 11 is 7.41. The van der Waals surface area contributed by atoms with Crippen LogP contribution in [0.5, 0.6) is 0 Å². The Bertz CT molecular complexity index is 513. The van der Waals surface area contributed by atoms with Crippen molar-refractivity contribution in [2.45, 2.75) is 6.61 Å². The standard InChI is InChI=1S/C12H9ClFNOS/c13-12-6-10(14)4-3-9(12)8-16-15-7-11-2-1-5-17-11/h1-7H,8H2. The zero-order valence-electron chi connectivity index (χ0n) is 8.77. The molecule has 0 fully saturated rings. The van der Waals surface area contributed by atoms with E-state index >= 15 is 0 Å². The van der Waals surface area contributed by atoms with Gasteiger partial charge in [-0.2, -0.15) is 0 Å². The molecule has 5 heteroatoms. The minimum atomic E-state index is -0.360. The highest BCUT2D eigenvalue weighted by Crippen LogP contribution is 2.18. The second-order valence-corrected chi connectivity index (χ2v) is 4.65. The lowest BCUT2D eigenvalue weighted by Gasteiger charge is -2.02. The molecule has 0 radical (unpaired) electrons. The van der Waals surface area contributed by atoms with Crippen LogP contribution in [0.4, 0.5) is 4.39 Å². The van der Waals surface area contributed by atoms with Crippen LogP contribution in [0.15, 0.2) is 40.9 Å². The Kier molecular flexibility index (Phi) is 4.12. The van der Waals surface area contributed by atoms with Crippen LogP contribution in [0, 0.1) is 5.82 Å². The van der Waals surface area contributed by atoms with Gasteiger partial charge in [0, 0.05) is 10.4 Å². The topological polar surface area (TPSA) is 21.6 Å². The predicted octanol–water partition coefficient (Wildman–Crippen LogP) is 4.09. The Morgan fingerprint density at radius 1 is 1.41 bits per heavy atom. The van der Waals surface area contributed by atoms with E-state index in [1.165, 1.54) is 12.1 Å². The molecule has 1 heterocycles. The number of rotatable bonds is 4. The van der Waals surface area contributed by atoms with E-state index in [1.807, 2.05) is 17.5 Å². The molecular weight excluding hydrogens is 261 g/mol. The fourth-order valence-corrected chi connectivity index (χ4v) is 2.00. The first-order valence-electron chi connectivity index (χ1n) is 4.88. The van der Waals surface area contributed by atoms with Gasteiger partial charge < -0.3 is 4.84 Å². The first-order chi connectivity index (χ1) is 8.25. The highest BCUT2D eigenvalue weighted by Gasteiger charge is 2.01. The molecule has 0 saturated carbocycles. The largest absolute Gasteiger partial charge is 0.391 e. The quantitative estimate of drug-likeness (QED) is 0.605. The van der Waals surface area contributed by atoms with Crippen molar-refractivity contribution in [3.8, 4) is 0 Å². The number of thiophene rings is 1. The van der Waals surface area contributed by atoms with Crippen LogP contribution >= 0.6 is 22.9 Å². The summed E-state index contributed by atoms with van der Waals surface area (Å²) in [5.74, 6) is -0.360. The fraction of sp³-hybridized carbons (Fsp3) is 0.0833. The SMILES string of the molecule is Fc1ccc(CON=Cc2cccs2)c(Cl)c1. The molecule has 0 amide bonds. The van der Waals surface area contributed by atoms with Crippen LogP contribution in [0.2, 0.25) is 5.02 Å². The first-order valence-corrected chi connectivity index (χ1v) is 6.14. The lowest BCUT2D eigenvalue weighted by Crippen LogP contribution is -1.89. The molecule has 2 aromatic rings. The Morgan fingerprint density at radius 2 is 2.29 bits per heavy atom. The molecule has 0 unspecified atom stereocenters. The van der Waals surface area contributed by atoms with E-state index in [2.05, 4.69) is 5.16 Å². The maximum Gasteiger partial charge on any atom is 0.143 e. The van der Waals surface area contributed by atoms with Crippen LogP contribution in [0.25, 0.3) is 0 Å². The van der Waals surface area contributed by atoms with Crippen LogP contribution < -0.4 is 0 Å². The van der Waals surface area contributed by atoms with Gasteiger partial charge in [0.1, 0.15) is 12.4 Å². The van der Waals surface area contributed by atoms with Gasteiger partial charge in [0.15, 0.2) is 0 Å². The summed E-state index contributed by atoms with van der Waals surface area (Å²) < 4.78 is 12.8. The summed E-state index contributed by atoms with van der Waals surface area (Å²) in [5.41, 5.74) is 0.705. The lowest BCUT2D eigenvalue weighted by molar-refractivity contribution is 0.132. The monoisotopic (exact) mass is 269 g/mol. The first kappa shape index (κ1) is 12.1. The third kappa shape index (κ3) is 3.54. The molecule has 0 atom stereocenters. The highest BCUT2D eigenvalue weighted by molar-refractivity contribution is 7.11. The van der Waals surface area contributed by atoms with Crippen LogP contribution in [0.1, 0.15) is 10.4 Å². The second-order valence-electron chi connectivity index (χ2n) is 3.26. The summed E-state index contributed by atoms with van der Waals surface area (Å²) in [4.78, 5) is 6.09. The molecule has 1 aromatic heterocycles. The number of nitrogens with zero attached hydrogens (tertiary/aromatic N) is 1. The van der Waals surface area contributed by atoms with Crippen LogP contribution in [-0.2, 0) is 11.4 Å². The van der Waals surface area contributed by atoms with E-state index in [-0.39, 0.29) is 12.4 Å². The van der Waals surface area contributed by atoms with Gasteiger partial charge in [0.25, 0.3) is 0 Å². The molecule has 17 heavy (non-hydrogen) atoms. The molecule has 1 aromatic carbocycles. The maximum atomic E-state index is 12.8. The van der Waals surface area contributed by atoms with Gasteiger partial charge in [0.05, 0.1) is 11.2 Å². The Hall–Kier alpha value is -1.39. The van der Waals surface area contributed by atoms with Crippen molar-refractivity contribution in [1.82, 2.24) is 0 Å². The molecule has 0 aliphatic rings. The third-order valence-electron chi connectivity index (χ3n) is 2.03. The Morgan fingerprint density at radius 3 is 3.00 bits per heavy atom. The molecule has 0 saturated heterocycles. The number of hydrogen-bond acceptors (Lipinski definition) is 3. The maximum absolute atomic E-state index is 12.8. The summed E-state index contributed by atoms with van der Waals surface area (Å²) in [6, 6.07) is 8.04. The normalized spacial score (nSPS) is 10.9. The molecule has 0 aliphatic carbocycles. The third-order valence-corrected chi connectivity index (χ3v) is 3.19. The van der Waals surface area contributed by atoms with E-state index in [0.717, 1.165) is 4.88 Å². The van der Waals surface area contributed by atoms with E-state index in [9.17, 15) is 4.39 Å². The van der Waals surface area contributed by atoms with E-state index in [4.69, 9.17) is 16.4 Å². The van der Waals surface area contributed by atoms with Gasteiger partial charge in [-0.3, -0.25) is 0 Å². The second kappa shape index (κ2) is 5.80. The zero-order chi connectivity index (χ0) is 12.1. The Balaban J connectivity index is 1.90. The molecule has 2 rings (SSSR count). The number of oxime groups is 1. The fourth-order valence-electron chi connectivity index (χ4n) is 1.20. The summed E-state index contributed by atoms with van der Waals surface area (Å²) in [6.45, 7) is 0.223. The van der Waals surface area contributed by atoms with Gasteiger partial charge >= 0.3 is 0 Å². The number of halogens is 2. The molecule has 2 nitrogen and oxygen atoms in total. The molecule has 0 bridgehead atoms. The Labute approximate surface area is 107 Å². The predicted molar refractivity (Wildman–Crippen MR) is 68.1 cm³/mol. The molecule has 88 valence electrons. The van der Waals surface area contributed by atoms with E-state index < -0.39 is 0 Å². The van der Waals surface area contributed by atoms with E-state index in [1.54, 1.807) is 23.6 Å². The summed E-state index contributed by atoms with van der Waals surface area (Å²) in [7, 11) is 0. The van der Waals surface area contributed by atoms with Gasteiger partial charge in [-0.1, -0.05) is 28.9 Å². The molecular formula is C12H9ClFNOS. The van der Waals surface area contributed by atoms with Gasteiger partial charge in [-0.05, 0) is 23.6 Å². The van der Waals surface area contributed by atoms with Gasteiger partial charge in [0.2, 0.25) is 0 Å². The molecule has 0 aliphatic heterocycles. The molecule has 0 spiro atoms.